The Morgan fingerprint density at radius 1 is 1.05 bits per heavy atom. The van der Waals surface area contributed by atoms with E-state index in [0.29, 0.717) is 11.3 Å². The molecule has 110 valence electrons. The smallest absolute Gasteiger partial charge is 0.00472 e. The van der Waals surface area contributed by atoms with Gasteiger partial charge in [0.2, 0.25) is 0 Å². The lowest BCUT2D eigenvalue weighted by molar-refractivity contribution is 0.141. The molecule has 4 atom stereocenters. The molecule has 21 heavy (non-hydrogen) atoms. The Kier molecular flexibility index (Phi) is 3.28. The molecular weight excluding hydrogens is 252 g/mol. The van der Waals surface area contributed by atoms with Crippen molar-refractivity contribution in [3.8, 4) is 0 Å². The van der Waals surface area contributed by atoms with Crippen LogP contribution >= 0.6 is 0 Å². The van der Waals surface area contributed by atoms with Crippen LogP contribution in [0, 0.1) is 17.8 Å². The first-order chi connectivity index (χ1) is 10.3. The van der Waals surface area contributed by atoms with Gasteiger partial charge in [-0.1, -0.05) is 60.6 Å². The Morgan fingerprint density at radius 3 is 2.67 bits per heavy atom. The molecule has 0 radical (unpaired) electrons. The first kappa shape index (κ1) is 13.4. The van der Waals surface area contributed by atoms with Crippen molar-refractivity contribution in [3.05, 3.63) is 59.7 Å². The Labute approximate surface area is 129 Å². The average molecular weight is 278 g/mol. The van der Waals surface area contributed by atoms with Crippen molar-refractivity contribution in [1.29, 1.82) is 0 Å². The van der Waals surface area contributed by atoms with Gasteiger partial charge in [0, 0.05) is 5.41 Å². The van der Waals surface area contributed by atoms with Gasteiger partial charge in [0.1, 0.15) is 0 Å². The van der Waals surface area contributed by atoms with E-state index >= 15 is 0 Å². The minimum atomic E-state index is 0.405. The summed E-state index contributed by atoms with van der Waals surface area (Å²) < 4.78 is 0. The molecule has 0 aliphatic heterocycles. The van der Waals surface area contributed by atoms with Gasteiger partial charge in [0.05, 0.1) is 0 Å². The fourth-order valence-electron chi connectivity index (χ4n) is 5.39. The van der Waals surface area contributed by atoms with Crippen LogP contribution in [0.5, 0.6) is 0 Å². The molecule has 1 aromatic rings. The number of benzene rings is 1. The molecule has 3 aliphatic rings. The zero-order valence-corrected chi connectivity index (χ0v) is 13.1. The molecule has 2 bridgehead atoms. The zero-order chi connectivity index (χ0) is 14.3. The van der Waals surface area contributed by atoms with Gasteiger partial charge in [-0.15, -0.1) is 0 Å². The van der Waals surface area contributed by atoms with E-state index in [0.717, 1.165) is 11.8 Å². The van der Waals surface area contributed by atoms with Gasteiger partial charge in [-0.05, 0) is 62.3 Å². The molecular formula is C21H26. The molecule has 2 saturated carbocycles. The number of hydrogen-bond acceptors (Lipinski definition) is 0. The molecule has 0 heterocycles. The average Bonchev–Trinajstić information content (AvgIpc) is 2.93. The molecule has 0 aromatic heterocycles. The Balaban J connectivity index is 1.78. The van der Waals surface area contributed by atoms with E-state index in [2.05, 4.69) is 55.5 Å². The maximum atomic E-state index is 2.53. The molecule has 0 saturated heterocycles. The monoisotopic (exact) mass is 278 g/mol. The van der Waals surface area contributed by atoms with E-state index in [1.165, 1.54) is 44.1 Å². The first-order valence-electron chi connectivity index (χ1n) is 8.69. The molecule has 2 fully saturated rings. The van der Waals surface area contributed by atoms with E-state index in [4.69, 9.17) is 0 Å². The van der Waals surface area contributed by atoms with Crippen LogP contribution in [0.15, 0.2) is 54.1 Å². The van der Waals surface area contributed by atoms with E-state index in [9.17, 15) is 0 Å². The Hall–Kier alpha value is -1.30. The number of rotatable bonds is 2. The van der Waals surface area contributed by atoms with Crippen LogP contribution in [-0.4, -0.2) is 0 Å². The summed E-state index contributed by atoms with van der Waals surface area (Å²) in [4.78, 5) is 0. The second kappa shape index (κ2) is 5.16. The van der Waals surface area contributed by atoms with Crippen molar-refractivity contribution in [2.45, 2.75) is 50.9 Å². The van der Waals surface area contributed by atoms with Crippen molar-refractivity contribution in [2.24, 2.45) is 17.8 Å². The molecule has 0 heteroatoms. The molecule has 0 N–H and O–H groups in total. The molecule has 0 nitrogen and oxygen atoms in total. The van der Waals surface area contributed by atoms with Crippen molar-refractivity contribution in [2.75, 3.05) is 0 Å². The van der Waals surface area contributed by atoms with Crippen LogP contribution in [0.3, 0.4) is 0 Å². The Bertz CT molecular complexity index is 565. The van der Waals surface area contributed by atoms with Crippen molar-refractivity contribution in [3.63, 3.8) is 0 Å². The quantitative estimate of drug-likeness (QED) is 0.655. The van der Waals surface area contributed by atoms with Crippen LogP contribution in [0.4, 0.5) is 0 Å². The predicted octanol–water partition coefficient (Wildman–Crippen LogP) is 5.66. The maximum absolute atomic E-state index is 2.53. The normalized spacial score (nSPS) is 38.3. The topological polar surface area (TPSA) is 0 Å². The van der Waals surface area contributed by atoms with Gasteiger partial charge >= 0.3 is 0 Å². The van der Waals surface area contributed by atoms with Crippen LogP contribution in [0.2, 0.25) is 0 Å². The van der Waals surface area contributed by atoms with E-state index < -0.39 is 0 Å². The van der Waals surface area contributed by atoms with E-state index in [1.807, 2.05) is 0 Å². The molecule has 3 aliphatic carbocycles. The molecule has 0 amide bonds. The minimum absolute atomic E-state index is 0.405. The SMILES string of the molecule is CC1=CCC(C2(c3ccccc3)CCC3CCC2C3)C=C1. The highest BCUT2D eigenvalue weighted by molar-refractivity contribution is 5.34. The molecule has 0 spiro atoms. The molecule has 4 rings (SSSR count). The fourth-order valence-corrected chi connectivity index (χ4v) is 5.39. The highest BCUT2D eigenvalue weighted by Crippen LogP contribution is 2.58. The highest BCUT2D eigenvalue weighted by atomic mass is 14.5. The van der Waals surface area contributed by atoms with Crippen molar-refractivity contribution < 1.29 is 0 Å². The summed E-state index contributed by atoms with van der Waals surface area (Å²) >= 11 is 0. The van der Waals surface area contributed by atoms with Crippen molar-refractivity contribution in [1.82, 2.24) is 0 Å². The minimum Gasteiger partial charge on any atom is -0.0810 e. The summed E-state index contributed by atoms with van der Waals surface area (Å²) in [7, 11) is 0. The number of fused-ring (bicyclic) bond motifs is 2. The van der Waals surface area contributed by atoms with Crippen molar-refractivity contribution >= 4 is 0 Å². The van der Waals surface area contributed by atoms with E-state index in [-0.39, 0.29) is 0 Å². The summed E-state index contributed by atoms with van der Waals surface area (Å²) in [5.74, 6) is 2.63. The lowest BCUT2D eigenvalue weighted by atomic mass is 9.55. The summed E-state index contributed by atoms with van der Waals surface area (Å²) in [6.45, 7) is 2.23. The van der Waals surface area contributed by atoms with Gasteiger partial charge in [-0.3, -0.25) is 0 Å². The lowest BCUT2D eigenvalue weighted by Crippen LogP contribution is -2.43. The summed E-state index contributed by atoms with van der Waals surface area (Å²) in [5, 5.41) is 0. The molecule has 4 unspecified atom stereocenters. The van der Waals surface area contributed by atoms with Gasteiger partial charge in [0.25, 0.3) is 0 Å². The van der Waals surface area contributed by atoms with E-state index in [1.54, 1.807) is 5.56 Å². The van der Waals surface area contributed by atoms with Crippen LogP contribution in [0.25, 0.3) is 0 Å². The van der Waals surface area contributed by atoms with Gasteiger partial charge in [0.15, 0.2) is 0 Å². The predicted molar refractivity (Wildman–Crippen MR) is 89.2 cm³/mol. The fraction of sp³-hybridized carbons (Fsp3) is 0.524. The standard InChI is InChI=1S/C21H26/c1-16-7-10-19(11-8-16)21(18-5-3-2-4-6-18)14-13-17-9-12-20(21)15-17/h2-8,10,17,19-20H,9,11-15H2,1H3. The number of hydrogen-bond donors (Lipinski definition) is 0. The summed E-state index contributed by atoms with van der Waals surface area (Å²) in [6, 6.07) is 11.4. The summed E-state index contributed by atoms with van der Waals surface area (Å²) in [5.41, 5.74) is 3.45. The summed E-state index contributed by atoms with van der Waals surface area (Å²) in [6.07, 6.45) is 15.8. The number of allylic oxidation sites excluding steroid dienone is 4. The largest absolute Gasteiger partial charge is 0.0810 e. The van der Waals surface area contributed by atoms with Crippen LogP contribution in [-0.2, 0) is 5.41 Å². The third kappa shape index (κ3) is 2.11. The lowest BCUT2D eigenvalue weighted by Gasteiger charge is -2.48. The maximum Gasteiger partial charge on any atom is 0.00472 e. The Morgan fingerprint density at radius 2 is 1.90 bits per heavy atom. The van der Waals surface area contributed by atoms with Gasteiger partial charge in [-0.25, -0.2) is 0 Å². The van der Waals surface area contributed by atoms with Gasteiger partial charge < -0.3 is 0 Å². The van der Waals surface area contributed by atoms with Gasteiger partial charge in [-0.2, -0.15) is 0 Å². The molecule has 1 aromatic carbocycles. The van der Waals surface area contributed by atoms with Crippen LogP contribution in [0.1, 0.15) is 51.0 Å². The first-order valence-corrected chi connectivity index (χ1v) is 8.69. The third-order valence-electron chi connectivity index (χ3n) is 6.49. The zero-order valence-electron chi connectivity index (χ0n) is 13.1. The second-order valence-electron chi connectivity index (χ2n) is 7.47. The highest BCUT2D eigenvalue weighted by Gasteiger charge is 2.51. The third-order valence-corrected chi connectivity index (χ3v) is 6.49. The van der Waals surface area contributed by atoms with Crippen LogP contribution < -0.4 is 0 Å². The second-order valence-corrected chi connectivity index (χ2v) is 7.47.